The van der Waals surface area contributed by atoms with Crippen LogP contribution in [-0.2, 0) is 6.42 Å². The van der Waals surface area contributed by atoms with Gasteiger partial charge >= 0.3 is 0 Å². The normalized spacial score (nSPS) is 19.1. The summed E-state index contributed by atoms with van der Waals surface area (Å²) >= 11 is 0. The van der Waals surface area contributed by atoms with Gasteiger partial charge in [-0.2, -0.15) is 0 Å². The second kappa shape index (κ2) is 4.81. The largest absolute Gasteiger partial charge is 0.314 e. The molecule has 1 aliphatic carbocycles. The number of aryl methyl sites for hydroxylation is 2. The Labute approximate surface area is 106 Å². The molecule has 1 N–H and O–H groups in total. The Morgan fingerprint density at radius 3 is 2.29 bits per heavy atom. The van der Waals surface area contributed by atoms with Crippen molar-refractivity contribution >= 4 is 0 Å². The lowest BCUT2D eigenvalue weighted by Gasteiger charge is -2.26. The Morgan fingerprint density at radius 2 is 1.82 bits per heavy atom. The quantitative estimate of drug-likeness (QED) is 0.816. The van der Waals surface area contributed by atoms with Crippen LogP contribution in [0.3, 0.4) is 0 Å². The molecule has 0 aromatic heterocycles. The average Bonchev–Trinajstić information content (AvgIpc) is 3.05. The van der Waals surface area contributed by atoms with Crippen molar-refractivity contribution in [1.29, 1.82) is 0 Å². The van der Waals surface area contributed by atoms with E-state index < -0.39 is 0 Å². The van der Waals surface area contributed by atoms with Gasteiger partial charge in [0.1, 0.15) is 0 Å². The van der Waals surface area contributed by atoms with E-state index in [0.717, 1.165) is 6.54 Å². The van der Waals surface area contributed by atoms with E-state index in [1.54, 1.807) is 5.56 Å². The van der Waals surface area contributed by atoms with E-state index in [1.807, 2.05) is 0 Å². The molecule has 1 fully saturated rings. The molecular weight excluding hydrogens is 206 g/mol. The summed E-state index contributed by atoms with van der Waals surface area (Å²) in [5.74, 6) is 0. The van der Waals surface area contributed by atoms with E-state index in [9.17, 15) is 0 Å². The monoisotopic (exact) mass is 231 g/mol. The van der Waals surface area contributed by atoms with Gasteiger partial charge in [0.2, 0.25) is 0 Å². The third kappa shape index (κ3) is 2.55. The molecule has 0 radical (unpaired) electrons. The maximum atomic E-state index is 3.61. The second-order valence-corrected chi connectivity index (χ2v) is 5.69. The zero-order valence-corrected chi connectivity index (χ0v) is 11.6. The van der Waals surface area contributed by atoms with Gasteiger partial charge in [0, 0.05) is 6.04 Å². The van der Waals surface area contributed by atoms with Gasteiger partial charge in [-0.25, -0.2) is 0 Å². The Morgan fingerprint density at radius 1 is 1.24 bits per heavy atom. The highest BCUT2D eigenvalue weighted by Crippen LogP contribution is 2.51. The van der Waals surface area contributed by atoms with Crippen LogP contribution in [0.15, 0.2) is 18.2 Å². The van der Waals surface area contributed by atoms with E-state index >= 15 is 0 Å². The first-order valence-corrected chi connectivity index (χ1v) is 6.87. The molecule has 1 aliphatic rings. The van der Waals surface area contributed by atoms with Crippen LogP contribution in [0, 0.1) is 19.3 Å². The van der Waals surface area contributed by atoms with Gasteiger partial charge in [0.05, 0.1) is 0 Å². The summed E-state index contributed by atoms with van der Waals surface area (Å²) in [4.78, 5) is 0. The summed E-state index contributed by atoms with van der Waals surface area (Å²) in [6, 6.07) is 7.31. The fourth-order valence-corrected chi connectivity index (χ4v) is 2.93. The van der Waals surface area contributed by atoms with Crippen molar-refractivity contribution in [2.24, 2.45) is 5.41 Å². The third-order valence-electron chi connectivity index (χ3n) is 4.49. The Bertz CT molecular complexity index is 370. The van der Waals surface area contributed by atoms with Crippen LogP contribution >= 0.6 is 0 Å². The van der Waals surface area contributed by atoms with Crippen molar-refractivity contribution in [2.45, 2.75) is 53.0 Å². The molecular formula is C16H25N. The van der Waals surface area contributed by atoms with Gasteiger partial charge in [-0.1, -0.05) is 25.1 Å². The van der Waals surface area contributed by atoms with Crippen molar-refractivity contribution in [3.05, 3.63) is 34.9 Å². The summed E-state index contributed by atoms with van der Waals surface area (Å²) in [6.45, 7) is 10.1. The minimum absolute atomic E-state index is 0.535. The number of benzene rings is 1. The number of hydrogen-bond acceptors (Lipinski definition) is 1. The molecule has 94 valence electrons. The first-order valence-electron chi connectivity index (χ1n) is 6.87. The predicted molar refractivity (Wildman–Crippen MR) is 74.4 cm³/mol. The fourth-order valence-electron chi connectivity index (χ4n) is 2.93. The van der Waals surface area contributed by atoms with Crippen molar-refractivity contribution in [3.8, 4) is 0 Å². The zero-order valence-electron chi connectivity index (χ0n) is 11.6. The average molecular weight is 231 g/mol. The fraction of sp³-hybridized carbons (Fsp3) is 0.625. The lowest BCUT2D eigenvalue weighted by Crippen LogP contribution is -2.36. The van der Waals surface area contributed by atoms with E-state index in [-0.39, 0.29) is 0 Å². The van der Waals surface area contributed by atoms with Crippen LogP contribution in [0.5, 0.6) is 0 Å². The van der Waals surface area contributed by atoms with Crippen LogP contribution in [0.4, 0.5) is 0 Å². The smallest absolute Gasteiger partial charge is 0.00982 e. The van der Waals surface area contributed by atoms with E-state index in [1.165, 1.54) is 30.4 Å². The van der Waals surface area contributed by atoms with Gasteiger partial charge in [0.25, 0.3) is 0 Å². The summed E-state index contributed by atoms with van der Waals surface area (Å²) < 4.78 is 0. The molecule has 1 heteroatoms. The van der Waals surface area contributed by atoms with Crippen LogP contribution in [0.2, 0.25) is 0 Å². The number of hydrogen-bond donors (Lipinski definition) is 1. The summed E-state index contributed by atoms with van der Waals surface area (Å²) in [5, 5.41) is 3.61. The van der Waals surface area contributed by atoms with Crippen LogP contribution in [-0.4, -0.2) is 12.6 Å². The molecule has 1 saturated carbocycles. The molecule has 0 amide bonds. The number of rotatable bonds is 5. The van der Waals surface area contributed by atoms with E-state index in [4.69, 9.17) is 0 Å². The SMILES string of the molecule is CCNC(C)C1(Cc2c(C)cccc2C)CC1. The van der Waals surface area contributed by atoms with Gasteiger partial charge in [-0.15, -0.1) is 0 Å². The first-order chi connectivity index (χ1) is 8.09. The van der Waals surface area contributed by atoms with Crippen LogP contribution in [0.1, 0.15) is 43.4 Å². The molecule has 1 nitrogen and oxygen atoms in total. The van der Waals surface area contributed by atoms with E-state index in [0.29, 0.717) is 11.5 Å². The highest BCUT2D eigenvalue weighted by Gasteiger charge is 2.47. The van der Waals surface area contributed by atoms with Crippen LogP contribution < -0.4 is 5.32 Å². The Kier molecular flexibility index (Phi) is 3.58. The lowest BCUT2D eigenvalue weighted by molar-refractivity contribution is 0.355. The van der Waals surface area contributed by atoms with E-state index in [2.05, 4.69) is 51.2 Å². The molecule has 2 rings (SSSR count). The molecule has 0 heterocycles. The molecule has 1 atom stereocenters. The first kappa shape index (κ1) is 12.6. The lowest BCUT2D eigenvalue weighted by atomic mass is 9.86. The van der Waals surface area contributed by atoms with Gasteiger partial charge in [0.15, 0.2) is 0 Å². The Hall–Kier alpha value is -0.820. The molecule has 17 heavy (non-hydrogen) atoms. The second-order valence-electron chi connectivity index (χ2n) is 5.69. The number of nitrogens with one attached hydrogen (secondary N) is 1. The van der Waals surface area contributed by atoms with Crippen LogP contribution in [0.25, 0.3) is 0 Å². The minimum atomic E-state index is 0.535. The molecule has 0 aliphatic heterocycles. The maximum Gasteiger partial charge on any atom is 0.00982 e. The van der Waals surface area contributed by atoms with Crippen molar-refractivity contribution < 1.29 is 0 Å². The topological polar surface area (TPSA) is 12.0 Å². The van der Waals surface area contributed by atoms with Crippen molar-refractivity contribution in [1.82, 2.24) is 5.32 Å². The predicted octanol–water partition coefficient (Wildman–Crippen LogP) is 3.62. The molecule has 0 spiro atoms. The summed E-state index contributed by atoms with van der Waals surface area (Å²) in [7, 11) is 0. The zero-order chi connectivity index (χ0) is 12.5. The standard InChI is InChI=1S/C16H25N/c1-5-17-14(4)16(9-10-16)11-15-12(2)7-6-8-13(15)3/h6-8,14,17H,5,9-11H2,1-4H3. The highest BCUT2D eigenvalue weighted by molar-refractivity contribution is 5.35. The highest BCUT2D eigenvalue weighted by atomic mass is 14.9. The van der Waals surface area contributed by atoms with Crippen molar-refractivity contribution in [2.75, 3.05) is 6.54 Å². The molecule has 1 aromatic rings. The van der Waals surface area contributed by atoms with Gasteiger partial charge in [-0.05, 0) is 68.7 Å². The molecule has 0 bridgehead atoms. The van der Waals surface area contributed by atoms with Crippen molar-refractivity contribution in [3.63, 3.8) is 0 Å². The molecule has 0 saturated heterocycles. The van der Waals surface area contributed by atoms with Gasteiger partial charge < -0.3 is 5.32 Å². The van der Waals surface area contributed by atoms with Gasteiger partial charge in [-0.3, -0.25) is 0 Å². The minimum Gasteiger partial charge on any atom is -0.314 e. The summed E-state index contributed by atoms with van der Waals surface area (Å²) in [5.41, 5.74) is 5.03. The third-order valence-corrected chi connectivity index (χ3v) is 4.49. The molecule has 1 unspecified atom stereocenters. The maximum absolute atomic E-state index is 3.61. The summed E-state index contributed by atoms with van der Waals surface area (Å²) in [6.07, 6.45) is 4.02. The Balaban J connectivity index is 2.15. The molecule has 1 aromatic carbocycles.